The van der Waals surface area contributed by atoms with E-state index in [-0.39, 0.29) is 0 Å². The first-order valence-electron chi connectivity index (χ1n) is 6.55. The molecule has 5 heteroatoms. The predicted molar refractivity (Wildman–Crippen MR) is 79.8 cm³/mol. The van der Waals surface area contributed by atoms with Crippen molar-refractivity contribution in [3.8, 4) is 11.8 Å². The number of nitrogens with one attached hydrogen (secondary N) is 1. The van der Waals surface area contributed by atoms with Crippen LogP contribution in [-0.4, -0.2) is 14.8 Å². The highest BCUT2D eigenvalue weighted by molar-refractivity contribution is 5.54. The Balaban J connectivity index is 1.85. The lowest BCUT2D eigenvalue weighted by Gasteiger charge is -2.11. The van der Waals surface area contributed by atoms with E-state index in [4.69, 9.17) is 5.26 Å². The van der Waals surface area contributed by atoms with Gasteiger partial charge in [0.05, 0.1) is 11.4 Å². The lowest BCUT2D eigenvalue weighted by Crippen LogP contribution is -2.06. The van der Waals surface area contributed by atoms with Crippen LogP contribution in [0.3, 0.4) is 0 Å². The quantitative estimate of drug-likeness (QED) is 0.795. The zero-order chi connectivity index (χ0) is 14.5. The highest BCUT2D eigenvalue weighted by Gasteiger charge is 2.06. The molecular formula is C16H13N5. The summed E-state index contributed by atoms with van der Waals surface area (Å²) in [6.45, 7) is 0.594. The molecule has 5 nitrogen and oxygen atoms in total. The Morgan fingerprint density at radius 1 is 1.10 bits per heavy atom. The number of rotatable bonds is 4. The Hall–Kier alpha value is -3.13. The largest absolute Gasteiger partial charge is 0.379 e. The molecule has 0 atom stereocenters. The molecule has 3 aromatic rings. The van der Waals surface area contributed by atoms with Crippen molar-refractivity contribution in [3.63, 3.8) is 0 Å². The second kappa shape index (κ2) is 5.88. The van der Waals surface area contributed by atoms with Gasteiger partial charge >= 0.3 is 0 Å². The van der Waals surface area contributed by atoms with Crippen LogP contribution in [-0.2, 0) is 6.54 Å². The second-order valence-electron chi connectivity index (χ2n) is 4.44. The van der Waals surface area contributed by atoms with E-state index in [1.165, 1.54) is 0 Å². The van der Waals surface area contributed by atoms with Gasteiger partial charge in [0.15, 0.2) is 5.69 Å². The summed E-state index contributed by atoms with van der Waals surface area (Å²) < 4.78 is 1.82. The second-order valence-corrected chi connectivity index (χ2v) is 4.44. The standard InChI is InChI=1S/C16H13N5/c17-11-15-14(6-3-8-18-15)19-12-13-5-1-2-7-16(13)21-10-4-9-20-21/h1-10,19H,12H2. The molecule has 0 radical (unpaired) electrons. The summed E-state index contributed by atoms with van der Waals surface area (Å²) in [5.74, 6) is 0. The summed E-state index contributed by atoms with van der Waals surface area (Å²) in [4.78, 5) is 4.04. The fourth-order valence-electron chi connectivity index (χ4n) is 2.12. The maximum absolute atomic E-state index is 9.05. The van der Waals surface area contributed by atoms with E-state index >= 15 is 0 Å². The molecule has 3 rings (SSSR count). The van der Waals surface area contributed by atoms with Crippen molar-refractivity contribution in [1.82, 2.24) is 14.8 Å². The molecule has 1 N–H and O–H groups in total. The first-order valence-corrected chi connectivity index (χ1v) is 6.55. The Morgan fingerprint density at radius 3 is 2.81 bits per heavy atom. The smallest absolute Gasteiger partial charge is 0.163 e. The fourth-order valence-corrected chi connectivity index (χ4v) is 2.12. The topological polar surface area (TPSA) is 66.5 Å². The van der Waals surface area contributed by atoms with E-state index in [1.807, 2.05) is 53.3 Å². The molecule has 0 aliphatic carbocycles. The average Bonchev–Trinajstić information content (AvgIpc) is 3.08. The maximum Gasteiger partial charge on any atom is 0.163 e. The van der Waals surface area contributed by atoms with Crippen LogP contribution < -0.4 is 5.32 Å². The highest BCUT2D eigenvalue weighted by Crippen LogP contribution is 2.17. The van der Waals surface area contributed by atoms with Gasteiger partial charge in [0.25, 0.3) is 0 Å². The Kier molecular flexibility index (Phi) is 3.61. The third kappa shape index (κ3) is 2.74. The summed E-state index contributed by atoms with van der Waals surface area (Å²) in [6, 6.07) is 15.6. The van der Waals surface area contributed by atoms with Crippen molar-refractivity contribution in [1.29, 1.82) is 5.26 Å². The maximum atomic E-state index is 9.05. The van der Waals surface area contributed by atoms with Gasteiger partial charge in [-0.3, -0.25) is 0 Å². The third-order valence-electron chi connectivity index (χ3n) is 3.13. The number of hydrogen-bond donors (Lipinski definition) is 1. The van der Waals surface area contributed by atoms with Crippen molar-refractivity contribution in [2.24, 2.45) is 0 Å². The van der Waals surface area contributed by atoms with Gasteiger partial charge in [-0.25, -0.2) is 9.67 Å². The van der Waals surface area contributed by atoms with E-state index < -0.39 is 0 Å². The Bertz CT molecular complexity index is 771. The minimum Gasteiger partial charge on any atom is -0.379 e. The average molecular weight is 275 g/mol. The van der Waals surface area contributed by atoms with E-state index in [9.17, 15) is 0 Å². The molecule has 0 bridgehead atoms. The summed E-state index contributed by atoms with van der Waals surface area (Å²) in [5.41, 5.74) is 3.23. The minimum absolute atomic E-state index is 0.397. The zero-order valence-corrected chi connectivity index (χ0v) is 11.3. The summed E-state index contributed by atoms with van der Waals surface area (Å²) in [7, 11) is 0. The Labute approximate surface area is 122 Å². The van der Waals surface area contributed by atoms with E-state index in [1.54, 1.807) is 12.4 Å². The Morgan fingerprint density at radius 2 is 2.00 bits per heavy atom. The van der Waals surface area contributed by atoms with Gasteiger partial charge in [-0.05, 0) is 29.8 Å². The number of para-hydroxylation sites is 1. The van der Waals surface area contributed by atoms with Crippen LogP contribution in [0.25, 0.3) is 5.69 Å². The van der Waals surface area contributed by atoms with Crippen LogP contribution in [0.4, 0.5) is 5.69 Å². The SMILES string of the molecule is N#Cc1ncccc1NCc1ccccc1-n1cccn1. The van der Waals surface area contributed by atoms with Crippen LogP contribution in [0.1, 0.15) is 11.3 Å². The molecule has 0 unspecified atom stereocenters. The van der Waals surface area contributed by atoms with E-state index in [2.05, 4.69) is 21.5 Å². The fraction of sp³-hybridized carbons (Fsp3) is 0.0625. The molecular weight excluding hydrogens is 262 g/mol. The zero-order valence-electron chi connectivity index (χ0n) is 11.3. The van der Waals surface area contributed by atoms with Gasteiger partial charge in [0.1, 0.15) is 6.07 Å². The molecule has 2 heterocycles. The van der Waals surface area contributed by atoms with Crippen LogP contribution in [0.5, 0.6) is 0 Å². The molecule has 0 saturated carbocycles. The van der Waals surface area contributed by atoms with Gasteiger partial charge in [0.2, 0.25) is 0 Å². The van der Waals surface area contributed by atoms with Gasteiger partial charge in [-0.15, -0.1) is 0 Å². The lowest BCUT2D eigenvalue weighted by atomic mass is 10.1. The van der Waals surface area contributed by atoms with Crippen molar-refractivity contribution in [3.05, 3.63) is 72.3 Å². The number of pyridine rings is 1. The molecule has 0 aliphatic heterocycles. The number of nitrogens with zero attached hydrogens (tertiary/aromatic N) is 4. The van der Waals surface area contributed by atoms with Crippen LogP contribution in [0.15, 0.2) is 61.1 Å². The minimum atomic E-state index is 0.397. The van der Waals surface area contributed by atoms with Gasteiger partial charge in [-0.2, -0.15) is 10.4 Å². The number of anilines is 1. The van der Waals surface area contributed by atoms with Crippen molar-refractivity contribution >= 4 is 5.69 Å². The van der Waals surface area contributed by atoms with E-state index in [0.29, 0.717) is 12.2 Å². The summed E-state index contributed by atoms with van der Waals surface area (Å²) >= 11 is 0. The van der Waals surface area contributed by atoms with E-state index in [0.717, 1.165) is 16.9 Å². The monoisotopic (exact) mass is 275 g/mol. The van der Waals surface area contributed by atoms with Gasteiger partial charge in [-0.1, -0.05) is 18.2 Å². The first-order chi connectivity index (χ1) is 10.4. The molecule has 1 aromatic carbocycles. The lowest BCUT2D eigenvalue weighted by molar-refractivity contribution is 0.864. The number of aromatic nitrogens is 3. The van der Waals surface area contributed by atoms with Crippen LogP contribution >= 0.6 is 0 Å². The summed E-state index contributed by atoms with van der Waals surface area (Å²) in [6.07, 6.45) is 5.27. The number of nitriles is 1. The van der Waals surface area contributed by atoms with Crippen molar-refractivity contribution < 1.29 is 0 Å². The molecule has 0 fully saturated rings. The van der Waals surface area contributed by atoms with Gasteiger partial charge in [0, 0.05) is 25.1 Å². The number of benzene rings is 1. The third-order valence-corrected chi connectivity index (χ3v) is 3.13. The van der Waals surface area contributed by atoms with Crippen LogP contribution in [0.2, 0.25) is 0 Å². The number of hydrogen-bond acceptors (Lipinski definition) is 4. The molecule has 0 saturated heterocycles. The first kappa shape index (κ1) is 12.9. The van der Waals surface area contributed by atoms with Gasteiger partial charge < -0.3 is 5.32 Å². The molecule has 0 amide bonds. The molecule has 21 heavy (non-hydrogen) atoms. The summed E-state index contributed by atoms with van der Waals surface area (Å²) in [5, 5.41) is 16.6. The molecule has 0 spiro atoms. The van der Waals surface area contributed by atoms with Crippen molar-refractivity contribution in [2.75, 3.05) is 5.32 Å². The predicted octanol–water partition coefficient (Wildman–Crippen LogP) is 2.75. The van der Waals surface area contributed by atoms with Crippen molar-refractivity contribution in [2.45, 2.75) is 6.54 Å². The normalized spacial score (nSPS) is 10.0. The van der Waals surface area contributed by atoms with Crippen LogP contribution in [0, 0.1) is 11.3 Å². The highest BCUT2D eigenvalue weighted by atomic mass is 15.3. The molecule has 102 valence electrons. The molecule has 0 aliphatic rings. The molecule has 2 aromatic heterocycles.